The second-order valence-corrected chi connectivity index (χ2v) is 6.85. The van der Waals surface area contributed by atoms with Gasteiger partial charge in [0.1, 0.15) is 0 Å². The molecule has 0 amide bonds. The van der Waals surface area contributed by atoms with E-state index < -0.39 is 0 Å². The van der Waals surface area contributed by atoms with Gasteiger partial charge < -0.3 is 0 Å². The monoisotopic (exact) mass is 318 g/mol. The summed E-state index contributed by atoms with van der Waals surface area (Å²) in [7, 11) is 0. The molecule has 2 heterocycles. The molecule has 1 saturated heterocycles. The van der Waals surface area contributed by atoms with Crippen molar-refractivity contribution < 1.29 is 9.59 Å². The van der Waals surface area contributed by atoms with Gasteiger partial charge in [-0.2, -0.15) is 0 Å². The van der Waals surface area contributed by atoms with Crippen molar-refractivity contribution in [2.24, 2.45) is 0 Å². The second kappa shape index (κ2) is 5.67. The van der Waals surface area contributed by atoms with Crippen molar-refractivity contribution in [1.29, 1.82) is 0 Å². The molecule has 0 radical (unpaired) electrons. The van der Waals surface area contributed by atoms with Gasteiger partial charge in [-0.15, -0.1) is 0 Å². The van der Waals surface area contributed by atoms with E-state index in [2.05, 4.69) is 0 Å². The van der Waals surface area contributed by atoms with E-state index in [1.54, 1.807) is 0 Å². The van der Waals surface area contributed by atoms with Crippen molar-refractivity contribution in [3.05, 3.63) is 92.9 Å². The van der Waals surface area contributed by atoms with Crippen molar-refractivity contribution in [3.8, 4) is 0 Å². The first-order valence-electron chi connectivity index (χ1n) is 7.54. The number of allylic oxidation sites excluding steroid dienone is 16. The van der Waals surface area contributed by atoms with Crippen molar-refractivity contribution in [2.45, 2.75) is 12.8 Å². The minimum Gasteiger partial charge on any atom is -0.288 e. The zero-order valence-corrected chi connectivity index (χ0v) is 13.2. The number of carbonyl (C=O) groups is 2. The molecular formula is C20H14O2S. The molecule has 2 nitrogen and oxygen atoms in total. The van der Waals surface area contributed by atoms with Crippen LogP contribution in [0.5, 0.6) is 0 Å². The largest absolute Gasteiger partial charge is 0.288 e. The molecule has 0 aromatic carbocycles. The van der Waals surface area contributed by atoms with Gasteiger partial charge in [0.05, 0.1) is 9.81 Å². The molecule has 2 aliphatic carbocycles. The SMILES string of the molecule is O=C1C2=CC=CC=C(C2)C(=O)/C2=C/C3=CC=CC=C(/C=C/1S2)C3. The van der Waals surface area contributed by atoms with Gasteiger partial charge in [0.15, 0.2) is 11.6 Å². The van der Waals surface area contributed by atoms with Crippen LogP contribution in [0.25, 0.3) is 0 Å². The zero-order chi connectivity index (χ0) is 15.8. The Morgan fingerprint density at radius 3 is 1.65 bits per heavy atom. The van der Waals surface area contributed by atoms with E-state index in [1.165, 1.54) is 11.8 Å². The Balaban J connectivity index is 1.94. The smallest absolute Gasteiger partial charge is 0.196 e. The lowest BCUT2D eigenvalue weighted by Crippen LogP contribution is -2.16. The van der Waals surface area contributed by atoms with Crippen LogP contribution in [0, 0.1) is 0 Å². The molecule has 0 aromatic heterocycles. The van der Waals surface area contributed by atoms with Gasteiger partial charge in [0.2, 0.25) is 0 Å². The summed E-state index contributed by atoms with van der Waals surface area (Å²) in [5.41, 5.74) is 3.53. The van der Waals surface area contributed by atoms with E-state index >= 15 is 0 Å². The summed E-state index contributed by atoms with van der Waals surface area (Å²) in [6.07, 6.45) is 20.3. The molecule has 112 valence electrons. The van der Waals surface area contributed by atoms with Crippen LogP contribution in [-0.2, 0) is 9.59 Å². The van der Waals surface area contributed by atoms with Gasteiger partial charge in [-0.1, -0.05) is 60.4 Å². The molecule has 2 aliphatic heterocycles. The molecule has 6 bridgehead atoms. The van der Waals surface area contributed by atoms with E-state index in [0.717, 1.165) is 17.6 Å². The molecule has 0 atom stereocenters. The third-order valence-corrected chi connectivity index (χ3v) is 5.16. The highest BCUT2D eigenvalue weighted by Gasteiger charge is 2.29. The number of rotatable bonds is 0. The van der Waals surface area contributed by atoms with Crippen LogP contribution >= 0.6 is 11.8 Å². The average Bonchev–Trinajstić information content (AvgIpc) is 2.91. The van der Waals surface area contributed by atoms with Crippen LogP contribution in [0.2, 0.25) is 0 Å². The first-order chi connectivity index (χ1) is 11.2. The Hall–Kier alpha value is -2.39. The summed E-state index contributed by atoms with van der Waals surface area (Å²) in [6, 6.07) is 0. The molecule has 0 aromatic rings. The number of carbonyl (C=O) groups excluding carboxylic acids is 2. The van der Waals surface area contributed by atoms with Gasteiger partial charge in [-0.25, -0.2) is 0 Å². The number of hydrogen-bond acceptors (Lipinski definition) is 3. The molecule has 23 heavy (non-hydrogen) atoms. The van der Waals surface area contributed by atoms with Crippen LogP contribution < -0.4 is 0 Å². The summed E-state index contributed by atoms with van der Waals surface area (Å²) >= 11 is 1.29. The normalized spacial score (nSPS) is 27.3. The lowest BCUT2D eigenvalue weighted by molar-refractivity contribution is -0.112. The fraction of sp³-hybridized carbons (Fsp3) is 0.100. The third-order valence-electron chi connectivity index (χ3n) is 4.11. The molecule has 0 spiro atoms. The van der Waals surface area contributed by atoms with Gasteiger partial charge in [-0.05, 0) is 29.7 Å². The summed E-state index contributed by atoms with van der Waals surface area (Å²) in [6.45, 7) is 0. The Morgan fingerprint density at radius 2 is 1.13 bits per heavy atom. The molecule has 0 unspecified atom stereocenters. The maximum Gasteiger partial charge on any atom is 0.196 e. The van der Waals surface area contributed by atoms with Crippen molar-refractivity contribution >= 4 is 23.3 Å². The lowest BCUT2D eigenvalue weighted by atomic mass is 9.95. The second-order valence-electron chi connectivity index (χ2n) is 5.77. The van der Waals surface area contributed by atoms with Gasteiger partial charge in [-0.3, -0.25) is 9.59 Å². The summed E-state index contributed by atoms with van der Waals surface area (Å²) < 4.78 is 0. The molecule has 0 saturated carbocycles. The number of ketones is 2. The maximum atomic E-state index is 12.9. The molecule has 0 N–H and O–H groups in total. The minimum atomic E-state index is 0.0207. The third kappa shape index (κ3) is 2.68. The van der Waals surface area contributed by atoms with Crippen LogP contribution in [0.1, 0.15) is 12.8 Å². The number of fused-ring (bicyclic) bond motifs is 6. The standard InChI is InChI=1S/C20H14O2S/c21-19-15-7-3-4-8-16(12-15)20(22)18-11-14-6-2-1-5-13(9-14)10-17(19)23-18/h1-8,10-11H,9,12H2/b17-10-,18-11-. The highest BCUT2D eigenvalue weighted by Crippen LogP contribution is 2.40. The van der Waals surface area contributed by atoms with Crippen molar-refractivity contribution in [2.75, 3.05) is 0 Å². The van der Waals surface area contributed by atoms with E-state index in [4.69, 9.17) is 0 Å². The maximum absolute atomic E-state index is 12.9. The first-order valence-corrected chi connectivity index (χ1v) is 8.36. The fourth-order valence-electron chi connectivity index (χ4n) is 2.94. The van der Waals surface area contributed by atoms with Crippen molar-refractivity contribution in [3.63, 3.8) is 0 Å². The molecule has 3 heteroatoms. The number of thioether (sulfide) groups is 1. The van der Waals surface area contributed by atoms with Gasteiger partial charge >= 0.3 is 0 Å². The van der Waals surface area contributed by atoms with Gasteiger partial charge in [0.25, 0.3) is 0 Å². The summed E-state index contributed by atoms with van der Waals surface area (Å²) in [5.74, 6) is 0.0415. The van der Waals surface area contributed by atoms with Crippen LogP contribution in [-0.4, -0.2) is 11.6 Å². The highest BCUT2D eigenvalue weighted by molar-refractivity contribution is 8.08. The molecular weight excluding hydrogens is 304 g/mol. The van der Waals surface area contributed by atoms with Crippen LogP contribution in [0.15, 0.2) is 92.9 Å². The molecule has 1 fully saturated rings. The van der Waals surface area contributed by atoms with E-state index in [1.807, 2.05) is 60.8 Å². The Bertz CT molecular complexity index is 799. The Morgan fingerprint density at radius 1 is 0.652 bits per heavy atom. The van der Waals surface area contributed by atoms with E-state index in [9.17, 15) is 9.59 Å². The van der Waals surface area contributed by atoms with Gasteiger partial charge in [0, 0.05) is 17.6 Å². The van der Waals surface area contributed by atoms with Crippen LogP contribution in [0.4, 0.5) is 0 Å². The van der Waals surface area contributed by atoms with E-state index in [0.29, 0.717) is 27.4 Å². The number of hydrogen-bond donors (Lipinski definition) is 0. The predicted molar refractivity (Wildman–Crippen MR) is 93.6 cm³/mol. The molecule has 4 rings (SSSR count). The lowest BCUT2D eigenvalue weighted by Gasteiger charge is -2.20. The van der Waals surface area contributed by atoms with E-state index in [-0.39, 0.29) is 11.6 Å². The highest BCUT2D eigenvalue weighted by atomic mass is 32.2. The summed E-state index contributed by atoms with van der Waals surface area (Å²) in [5, 5.41) is 0. The Labute approximate surface area is 139 Å². The topological polar surface area (TPSA) is 34.1 Å². The molecule has 4 aliphatic rings. The quantitative estimate of drug-likeness (QED) is 0.668. The zero-order valence-electron chi connectivity index (χ0n) is 12.4. The Kier molecular flexibility index (Phi) is 3.50. The fourth-order valence-corrected chi connectivity index (χ4v) is 4.05. The number of Topliss-reactive ketones (excluding diaryl/α,β-unsaturated/α-hetero) is 2. The summed E-state index contributed by atoms with van der Waals surface area (Å²) in [4.78, 5) is 27.0. The minimum absolute atomic E-state index is 0.0207. The average molecular weight is 318 g/mol. The first kappa shape index (κ1) is 14.2. The van der Waals surface area contributed by atoms with Crippen molar-refractivity contribution in [1.82, 2.24) is 0 Å². The van der Waals surface area contributed by atoms with Crippen LogP contribution in [0.3, 0.4) is 0 Å². The predicted octanol–water partition coefficient (Wildman–Crippen LogP) is 4.28.